The van der Waals surface area contributed by atoms with Crippen molar-refractivity contribution in [1.29, 1.82) is 0 Å². The molecule has 0 saturated carbocycles. The van der Waals surface area contributed by atoms with Gasteiger partial charge in [-0.15, -0.1) is 0 Å². The van der Waals surface area contributed by atoms with Crippen LogP contribution in [0.1, 0.15) is 26.2 Å². The SMILES string of the molecule is CCCN(CC(=O)N(C)C)C(=O)C1CCC(CN)O1. The summed E-state index contributed by atoms with van der Waals surface area (Å²) in [6.45, 7) is 3.12. The monoisotopic (exact) mass is 271 g/mol. The van der Waals surface area contributed by atoms with Crippen LogP contribution in [0.4, 0.5) is 0 Å². The van der Waals surface area contributed by atoms with Crippen LogP contribution in [-0.2, 0) is 14.3 Å². The second-order valence-electron chi connectivity index (χ2n) is 5.11. The molecule has 0 bridgehead atoms. The summed E-state index contributed by atoms with van der Waals surface area (Å²) in [6, 6.07) is 0. The predicted octanol–water partition coefficient (Wildman–Crippen LogP) is -0.180. The van der Waals surface area contributed by atoms with E-state index in [9.17, 15) is 9.59 Å². The zero-order chi connectivity index (χ0) is 14.4. The first-order chi connectivity index (χ1) is 8.99. The van der Waals surface area contributed by atoms with Gasteiger partial charge >= 0.3 is 0 Å². The summed E-state index contributed by atoms with van der Waals surface area (Å²) in [5.74, 6) is -0.164. The van der Waals surface area contributed by atoms with Crippen LogP contribution in [-0.4, -0.2) is 67.6 Å². The maximum Gasteiger partial charge on any atom is 0.252 e. The second kappa shape index (κ2) is 7.45. The lowest BCUT2D eigenvalue weighted by Gasteiger charge is -2.26. The van der Waals surface area contributed by atoms with E-state index in [1.165, 1.54) is 4.90 Å². The summed E-state index contributed by atoms with van der Waals surface area (Å²) >= 11 is 0. The summed E-state index contributed by atoms with van der Waals surface area (Å²) < 4.78 is 5.60. The lowest BCUT2D eigenvalue weighted by atomic mass is 10.1. The Bertz CT molecular complexity index is 320. The van der Waals surface area contributed by atoms with Gasteiger partial charge in [-0.05, 0) is 19.3 Å². The van der Waals surface area contributed by atoms with Gasteiger partial charge in [0.2, 0.25) is 5.91 Å². The minimum Gasteiger partial charge on any atom is -0.364 e. The van der Waals surface area contributed by atoms with E-state index in [0.29, 0.717) is 19.5 Å². The molecule has 1 saturated heterocycles. The van der Waals surface area contributed by atoms with Crippen molar-refractivity contribution >= 4 is 11.8 Å². The summed E-state index contributed by atoms with van der Waals surface area (Å²) in [5.41, 5.74) is 5.54. The molecule has 2 N–H and O–H groups in total. The van der Waals surface area contributed by atoms with Gasteiger partial charge in [0.05, 0.1) is 12.6 Å². The van der Waals surface area contributed by atoms with Gasteiger partial charge in [0, 0.05) is 27.2 Å². The molecule has 2 atom stereocenters. The topological polar surface area (TPSA) is 75.9 Å². The van der Waals surface area contributed by atoms with E-state index in [0.717, 1.165) is 12.8 Å². The maximum atomic E-state index is 12.3. The number of likely N-dealkylation sites (N-methyl/N-ethyl adjacent to an activating group) is 1. The van der Waals surface area contributed by atoms with E-state index in [2.05, 4.69) is 0 Å². The first-order valence-electron chi connectivity index (χ1n) is 6.84. The van der Waals surface area contributed by atoms with E-state index in [-0.39, 0.29) is 24.5 Å². The average Bonchev–Trinajstić information content (AvgIpc) is 2.85. The Hall–Kier alpha value is -1.14. The van der Waals surface area contributed by atoms with Crippen molar-refractivity contribution in [3.8, 4) is 0 Å². The molecule has 6 heteroatoms. The quantitative estimate of drug-likeness (QED) is 0.727. The fraction of sp³-hybridized carbons (Fsp3) is 0.846. The molecule has 1 rings (SSSR count). The van der Waals surface area contributed by atoms with Crippen molar-refractivity contribution in [1.82, 2.24) is 9.80 Å². The number of carbonyl (C=O) groups is 2. The Balaban J connectivity index is 2.60. The standard InChI is InChI=1S/C13H25N3O3/c1-4-7-16(9-12(17)15(2)3)13(18)11-6-5-10(8-14)19-11/h10-11H,4-9,14H2,1-3H3. The van der Waals surface area contributed by atoms with Gasteiger partial charge in [-0.3, -0.25) is 9.59 Å². The Morgan fingerprint density at radius 1 is 1.32 bits per heavy atom. The van der Waals surface area contributed by atoms with Crippen LogP contribution in [0.5, 0.6) is 0 Å². The average molecular weight is 271 g/mol. The van der Waals surface area contributed by atoms with Gasteiger partial charge in [-0.25, -0.2) is 0 Å². The zero-order valence-electron chi connectivity index (χ0n) is 12.1. The van der Waals surface area contributed by atoms with E-state index in [4.69, 9.17) is 10.5 Å². The molecule has 0 aromatic carbocycles. The number of carbonyl (C=O) groups excluding carboxylic acids is 2. The van der Waals surface area contributed by atoms with Crippen LogP contribution in [0.15, 0.2) is 0 Å². The first kappa shape index (κ1) is 15.9. The summed E-state index contributed by atoms with van der Waals surface area (Å²) in [7, 11) is 3.38. The second-order valence-corrected chi connectivity index (χ2v) is 5.11. The largest absolute Gasteiger partial charge is 0.364 e. The summed E-state index contributed by atoms with van der Waals surface area (Å²) in [6.07, 6.45) is 1.86. The van der Waals surface area contributed by atoms with Crippen molar-refractivity contribution < 1.29 is 14.3 Å². The van der Waals surface area contributed by atoms with Gasteiger partial charge in [0.1, 0.15) is 6.10 Å². The Morgan fingerprint density at radius 2 is 2.00 bits per heavy atom. The highest BCUT2D eigenvalue weighted by atomic mass is 16.5. The smallest absolute Gasteiger partial charge is 0.252 e. The highest BCUT2D eigenvalue weighted by Gasteiger charge is 2.33. The van der Waals surface area contributed by atoms with Crippen LogP contribution >= 0.6 is 0 Å². The lowest BCUT2D eigenvalue weighted by Crippen LogP contribution is -2.45. The number of hydrogen-bond donors (Lipinski definition) is 1. The zero-order valence-corrected chi connectivity index (χ0v) is 12.1. The van der Waals surface area contributed by atoms with Crippen molar-refractivity contribution in [2.24, 2.45) is 5.73 Å². The van der Waals surface area contributed by atoms with Gasteiger partial charge in [-0.1, -0.05) is 6.92 Å². The van der Waals surface area contributed by atoms with Crippen LogP contribution < -0.4 is 5.73 Å². The summed E-state index contributed by atoms with van der Waals surface area (Å²) in [4.78, 5) is 27.2. The minimum absolute atomic E-state index is 0.0259. The van der Waals surface area contributed by atoms with Gasteiger partial charge < -0.3 is 20.3 Å². The van der Waals surface area contributed by atoms with E-state index >= 15 is 0 Å². The molecule has 110 valence electrons. The van der Waals surface area contributed by atoms with E-state index in [1.54, 1.807) is 19.0 Å². The van der Waals surface area contributed by atoms with Crippen LogP contribution in [0.3, 0.4) is 0 Å². The molecule has 0 aromatic rings. The van der Waals surface area contributed by atoms with Crippen LogP contribution in [0.25, 0.3) is 0 Å². The number of rotatable bonds is 6. The van der Waals surface area contributed by atoms with Crippen molar-refractivity contribution in [2.45, 2.75) is 38.4 Å². The van der Waals surface area contributed by atoms with Crippen molar-refractivity contribution in [3.05, 3.63) is 0 Å². The molecular formula is C13H25N3O3. The lowest BCUT2D eigenvalue weighted by molar-refractivity contribution is -0.147. The molecule has 19 heavy (non-hydrogen) atoms. The van der Waals surface area contributed by atoms with Gasteiger partial charge in [-0.2, -0.15) is 0 Å². The Kier molecular flexibility index (Phi) is 6.24. The normalized spacial score (nSPS) is 22.3. The summed E-state index contributed by atoms with van der Waals surface area (Å²) in [5, 5.41) is 0. The van der Waals surface area contributed by atoms with Gasteiger partial charge in [0.15, 0.2) is 0 Å². The van der Waals surface area contributed by atoms with Crippen molar-refractivity contribution in [2.75, 3.05) is 33.7 Å². The molecular weight excluding hydrogens is 246 g/mol. The van der Waals surface area contributed by atoms with Crippen molar-refractivity contribution in [3.63, 3.8) is 0 Å². The number of nitrogens with zero attached hydrogens (tertiary/aromatic N) is 2. The number of nitrogens with two attached hydrogens (primary N) is 1. The maximum absolute atomic E-state index is 12.3. The number of amides is 2. The molecule has 1 heterocycles. The highest BCUT2D eigenvalue weighted by Crippen LogP contribution is 2.20. The number of ether oxygens (including phenoxy) is 1. The molecule has 6 nitrogen and oxygen atoms in total. The molecule has 1 aliphatic heterocycles. The van der Waals surface area contributed by atoms with Crippen LogP contribution in [0.2, 0.25) is 0 Å². The number of hydrogen-bond acceptors (Lipinski definition) is 4. The Morgan fingerprint density at radius 3 is 2.47 bits per heavy atom. The highest BCUT2D eigenvalue weighted by molar-refractivity contribution is 5.87. The minimum atomic E-state index is -0.435. The third kappa shape index (κ3) is 4.47. The molecule has 0 aromatic heterocycles. The fourth-order valence-electron chi connectivity index (χ4n) is 2.11. The van der Waals surface area contributed by atoms with Crippen LogP contribution in [0, 0.1) is 0 Å². The molecule has 0 aliphatic carbocycles. The third-order valence-corrected chi connectivity index (χ3v) is 3.28. The van der Waals surface area contributed by atoms with E-state index < -0.39 is 6.10 Å². The van der Waals surface area contributed by atoms with Gasteiger partial charge in [0.25, 0.3) is 5.91 Å². The molecule has 0 spiro atoms. The molecule has 0 radical (unpaired) electrons. The predicted molar refractivity (Wildman–Crippen MR) is 72.5 cm³/mol. The molecule has 2 unspecified atom stereocenters. The van der Waals surface area contributed by atoms with E-state index in [1.807, 2.05) is 6.92 Å². The third-order valence-electron chi connectivity index (χ3n) is 3.28. The fourth-order valence-corrected chi connectivity index (χ4v) is 2.11. The molecule has 1 fully saturated rings. The Labute approximate surface area is 114 Å². The first-order valence-corrected chi connectivity index (χ1v) is 6.84. The molecule has 1 aliphatic rings. The molecule has 2 amide bonds.